The second-order valence-electron chi connectivity index (χ2n) is 6.52. The van der Waals surface area contributed by atoms with Crippen LogP contribution in [0.4, 0.5) is 5.95 Å². The number of hydrogen-bond acceptors (Lipinski definition) is 6. The fourth-order valence-electron chi connectivity index (χ4n) is 3.10. The third kappa shape index (κ3) is 3.26. The summed E-state index contributed by atoms with van der Waals surface area (Å²) in [6.07, 6.45) is 3.47. The van der Waals surface area contributed by atoms with E-state index in [1.54, 1.807) is 29.2 Å². The minimum absolute atomic E-state index is 0.103. The molecule has 0 amide bonds. The molecule has 0 aliphatic carbocycles. The van der Waals surface area contributed by atoms with E-state index in [0.29, 0.717) is 24.2 Å². The van der Waals surface area contributed by atoms with Crippen molar-refractivity contribution in [2.45, 2.75) is 20.4 Å². The van der Waals surface area contributed by atoms with Crippen LogP contribution in [0.25, 0.3) is 5.82 Å². The van der Waals surface area contributed by atoms with Gasteiger partial charge in [0.15, 0.2) is 5.82 Å². The maximum absolute atomic E-state index is 12.2. The van der Waals surface area contributed by atoms with E-state index in [2.05, 4.69) is 41.0 Å². The summed E-state index contributed by atoms with van der Waals surface area (Å²) in [6.45, 7) is 6.09. The zero-order chi connectivity index (χ0) is 18.3. The molecule has 0 radical (unpaired) electrons. The number of aromatic nitrogens is 6. The molecule has 1 saturated heterocycles. The monoisotopic (exact) mass is 415 g/mol. The van der Waals surface area contributed by atoms with Gasteiger partial charge in [-0.3, -0.25) is 4.79 Å². The lowest BCUT2D eigenvalue weighted by Crippen LogP contribution is -2.50. The lowest BCUT2D eigenvalue weighted by Gasteiger charge is -2.39. The van der Waals surface area contributed by atoms with Crippen LogP contribution in [-0.4, -0.2) is 42.6 Å². The van der Waals surface area contributed by atoms with E-state index in [-0.39, 0.29) is 5.56 Å². The summed E-state index contributed by atoms with van der Waals surface area (Å²) >= 11 is 3.33. The van der Waals surface area contributed by atoms with E-state index in [9.17, 15) is 4.79 Å². The Bertz CT molecular complexity index is 989. The van der Waals surface area contributed by atoms with Crippen molar-refractivity contribution in [3.8, 4) is 5.82 Å². The minimum atomic E-state index is -0.103. The molecule has 4 heterocycles. The Kier molecular flexibility index (Phi) is 4.31. The van der Waals surface area contributed by atoms with Gasteiger partial charge in [-0.2, -0.15) is 5.10 Å². The zero-order valence-electron chi connectivity index (χ0n) is 14.5. The topological polar surface area (TPSA) is 81.7 Å². The van der Waals surface area contributed by atoms with Gasteiger partial charge in [-0.25, -0.2) is 19.3 Å². The summed E-state index contributed by atoms with van der Waals surface area (Å²) in [5.74, 6) is 1.70. The van der Waals surface area contributed by atoms with Gasteiger partial charge in [0.1, 0.15) is 0 Å². The summed E-state index contributed by atoms with van der Waals surface area (Å²) in [6, 6.07) is 5.24. The fourth-order valence-corrected chi connectivity index (χ4v) is 3.31. The molecular formula is C17H18BrN7O. The van der Waals surface area contributed by atoms with Crippen molar-refractivity contribution < 1.29 is 0 Å². The van der Waals surface area contributed by atoms with Crippen LogP contribution in [0.15, 0.2) is 39.9 Å². The highest BCUT2D eigenvalue weighted by Crippen LogP contribution is 2.22. The normalized spacial score (nSPS) is 14.5. The molecule has 9 heteroatoms. The van der Waals surface area contributed by atoms with Crippen LogP contribution in [0.5, 0.6) is 0 Å². The molecule has 8 nitrogen and oxygen atoms in total. The van der Waals surface area contributed by atoms with Crippen LogP contribution in [-0.2, 0) is 6.54 Å². The average Bonchev–Trinajstić information content (AvgIpc) is 2.92. The van der Waals surface area contributed by atoms with Crippen molar-refractivity contribution in [3.05, 3.63) is 56.8 Å². The van der Waals surface area contributed by atoms with Crippen LogP contribution in [0.3, 0.4) is 0 Å². The van der Waals surface area contributed by atoms with Crippen LogP contribution in [0.1, 0.15) is 11.4 Å². The van der Waals surface area contributed by atoms with Gasteiger partial charge in [-0.15, -0.1) is 5.10 Å². The summed E-state index contributed by atoms with van der Waals surface area (Å²) in [4.78, 5) is 22.9. The van der Waals surface area contributed by atoms with E-state index < -0.39 is 0 Å². The van der Waals surface area contributed by atoms with E-state index in [1.807, 2.05) is 19.9 Å². The molecule has 1 aliphatic rings. The lowest BCUT2D eigenvalue weighted by molar-refractivity contribution is 0.330. The van der Waals surface area contributed by atoms with E-state index in [4.69, 9.17) is 0 Å². The molecule has 134 valence electrons. The fraction of sp³-hybridized carbons (Fsp3) is 0.353. The molecule has 3 aromatic rings. The third-order valence-electron chi connectivity index (χ3n) is 4.36. The Morgan fingerprint density at radius 2 is 1.88 bits per heavy atom. The smallest absolute Gasteiger partial charge is 0.266 e. The molecule has 1 fully saturated rings. The van der Waals surface area contributed by atoms with Gasteiger partial charge >= 0.3 is 0 Å². The molecule has 0 unspecified atom stereocenters. The van der Waals surface area contributed by atoms with Crippen LogP contribution in [0, 0.1) is 19.8 Å². The second-order valence-corrected chi connectivity index (χ2v) is 7.44. The van der Waals surface area contributed by atoms with Gasteiger partial charge in [-0.1, -0.05) is 0 Å². The molecule has 0 N–H and O–H groups in total. The number of halogens is 1. The Morgan fingerprint density at radius 3 is 2.54 bits per heavy atom. The number of anilines is 1. The Morgan fingerprint density at radius 1 is 1.15 bits per heavy atom. The van der Waals surface area contributed by atoms with Crippen molar-refractivity contribution in [1.82, 2.24) is 29.5 Å². The van der Waals surface area contributed by atoms with Crippen molar-refractivity contribution >= 4 is 21.9 Å². The number of rotatable bonds is 4. The Labute approximate surface area is 158 Å². The van der Waals surface area contributed by atoms with Crippen molar-refractivity contribution in [1.29, 1.82) is 0 Å². The van der Waals surface area contributed by atoms with Crippen LogP contribution in [0.2, 0.25) is 0 Å². The van der Waals surface area contributed by atoms with E-state index >= 15 is 0 Å². The van der Waals surface area contributed by atoms with Crippen molar-refractivity contribution in [3.63, 3.8) is 0 Å². The summed E-state index contributed by atoms with van der Waals surface area (Å²) in [5.41, 5.74) is 1.81. The first-order valence-electron chi connectivity index (χ1n) is 8.34. The number of nitrogens with zero attached hydrogens (tertiary/aromatic N) is 7. The molecule has 0 aromatic carbocycles. The first kappa shape index (κ1) is 16.9. The molecular weight excluding hydrogens is 398 g/mol. The predicted molar refractivity (Wildman–Crippen MR) is 101 cm³/mol. The maximum Gasteiger partial charge on any atom is 0.266 e. The third-order valence-corrected chi connectivity index (χ3v) is 4.77. The highest BCUT2D eigenvalue weighted by molar-refractivity contribution is 9.10. The standard InChI is InChI=1S/C17H18BrN7O/c1-11-5-12(2)25(21-11)15-3-4-16(26)24(22-15)10-13-8-23(9-13)17-19-6-14(18)7-20-17/h3-7,13H,8-10H2,1-2H3. The summed E-state index contributed by atoms with van der Waals surface area (Å²) in [7, 11) is 0. The molecule has 0 atom stereocenters. The van der Waals surface area contributed by atoms with Gasteiger partial charge < -0.3 is 4.90 Å². The summed E-state index contributed by atoms with van der Waals surface area (Å²) < 4.78 is 4.14. The molecule has 1 aliphatic heterocycles. The van der Waals surface area contributed by atoms with Gasteiger partial charge in [0.05, 0.1) is 16.7 Å². The second kappa shape index (κ2) is 6.64. The zero-order valence-corrected chi connectivity index (χ0v) is 16.1. The lowest BCUT2D eigenvalue weighted by atomic mass is 10.0. The van der Waals surface area contributed by atoms with Gasteiger partial charge in [0.25, 0.3) is 5.56 Å². The Balaban J connectivity index is 1.47. The SMILES string of the molecule is Cc1cc(C)n(-c2ccc(=O)n(CC3CN(c4ncc(Br)cn4)C3)n2)n1. The maximum atomic E-state index is 12.2. The largest absolute Gasteiger partial charge is 0.340 e. The highest BCUT2D eigenvalue weighted by Gasteiger charge is 2.29. The first-order chi connectivity index (χ1) is 12.5. The molecule has 0 bridgehead atoms. The molecule has 0 saturated carbocycles. The van der Waals surface area contributed by atoms with Crippen molar-refractivity contribution in [2.75, 3.05) is 18.0 Å². The van der Waals surface area contributed by atoms with E-state index in [1.165, 1.54) is 4.68 Å². The number of hydrogen-bond donors (Lipinski definition) is 0. The summed E-state index contributed by atoms with van der Waals surface area (Å²) in [5, 5.41) is 8.93. The predicted octanol–water partition coefficient (Wildman–Crippen LogP) is 1.73. The van der Waals surface area contributed by atoms with E-state index in [0.717, 1.165) is 29.0 Å². The minimum Gasteiger partial charge on any atom is -0.340 e. The number of aryl methyl sites for hydroxylation is 2. The van der Waals surface area contributed by atoms with Gasteiger partial charge in [0.2, 0.25) is 5.95 Å². The molecule has 0 spiro atoms. The van der Waals surface area contributed by atoms with Crippen LogP contribution < -0.4 is 10.5 Å². The highest BCUT2D eigenvalue weighted by atomic mass is 79.9. The molecule has 4 rings (SSSR count). The van der Waals surface area contributed by atoms with Crippen LogP contribution >= 0.6 is 15.9 Å². The first-order valence-corrected chi connectivity index (χ1v) is 9.13. The molecule has 26 heavy (non-hydrogen) atoms. The Hall–Kier alpha value is -2.55. The van der Waals surface area contributed by atoms with Gasteiger partial charge in [-0.05, 0) is 41.9 Å². The molecule has 3 aromatic heterocycles. The van der Waals surface area contributed by atoms with Crippen molar-refractivity contribution in [2.24, 2.45) is 5.92 Å². The quantitative estimate of drug-likeness (QED) is 0.645. The van der Waals surface area contributed by atoms with Gasteiger partial charge in [0, 0.05) is 43.2 Å². The average molecular weight is 416 g/mol.